The minimum atomic E-state index is 0.109. The average Bonchev–Trinajstić information content (AvgIpc) is 3.07. The number of nitrogens with one attached hydrogen (secondary N) is 1. The van der Waals surface area contributed by atoms with Crippen molar-refractivity contribution in [2.75, 3.05) is 33.4 Å². The van der Waals surface area contributed by atoms with E-state index in [9.17, 15) is 0 Å². The molecule has 1 aromatic rings. The number of aromatic nitrogens is 1. The number of hydrogen-bond donors (Lipinski definition) is 1. The Morgan fingerprint density at radius 2 is 2.12 bits per heavy atom. The van der Waals surface area contributed by atoms with Crippen LogP contribution in [0.3, 0.4) is 0 Å². The summed E-state index contributed by atoms with van der Waals surface area (Å²) in [4.78, 5) is 11.8. The summed E-state index contributed by atoms with van der Waals surface area (Å²) in [6.45, 7) is 13.1. The molecule has 0 unspecified atom stereocenters. The predicted molar refractivity (Wildman–Crippen MR) is 106 cm³/mol. The molecule has 0 radical (unpaired) electrons. The molecule has 0 bridgehead atoms. The highest BCUT2D eigenvalue weighted by atomic mass is 32.1. The van der Waals surface area contributed by atoms with Crippen LogP contribution in [0.5, 0.6) is 0 Å². The quantitative estimate of drug-likeness (QED) is 0.617. The van der Waals surface area contributed by atoms with E-state index < -0.39 is 0 Å². The first-order chi connectivity index (χ1) is 11.9. The molecule has 1 aliphatic rings. The molecular weight excluding hydrogens is 332 g/mol. The highest BCUT2D eigenvalue weighted by molar-refractivity contribution is 7.09. The Balaban J connectivity index is 1.91. The van der Waals surface area contributed by atoms with Gasteiger partial charge in [0, 0.05) is 44.1 Å². The number of ether oxygens (including phenoxy) is 1. The number of nitrogens with zero attached hydrogens (tertiary/aromatic N) is 3. The van der Waals surface area contributed by atoms with Gasteiger partial charge in [0.05, 0.1) is 17.2 Å². The largest absolute Gasteiger partial charge is 0.381 e. The summed E-state index contributed by atoms with van der Waals surface area (Å²) < 4.78 is 5.45. The summed E-state index contributed by atoms with van der Waals surface area (Å²) in [7, 11) is 2.13. The molecule has 0 amide bonds. The molecule has 1 aromatic heterocycles. The van der Waals surface area contributed by atoms with Gasteiger partial charge in [0.15, 0.2) is 5.96 Å². The van der Waals surface area contributed by atoms with Crippen molar-refractivity contribution in [1.29, 1.82) is 0 Å². The second-order valence-corrected chi connectivity index (χ2v) is 8.69. The van der Waals surface area contributed by atoms with Crippen molar-refractivity contribution in [2.24, 2.45) is 10.9 Å². The molecule has 2 heterocycles. The van der Waals surface area contributed by atoms with Crippen LogP contribution in [0.15, 0.2) is 10.4 Å². The lowest BCUT2D eigenvalue weighted by atomic mass is 9.96. The summed E-state index contributed by atoms with van der Waals surface area (Å²) in [6.07, 6.45) is 3.58. The van der Waals surface area contributed by atoms with Crippen LogP contribution in [-0.2, 0) is 16.7 Å². The zero-order chi connectivity index (χ0) is 18.3. The van der Waals surface area contributed by atoms with E-state index in [4.69, 9.17) is 14.7 Å². The molecule has 6 heteroatoms. The van der Waals surface area contributed by atoms with Gasteiger partial charge in [-0.25, -0.2) is 9.98 Å². The molecule has 0 aromatic carbocycles. The first kappa shape index (κ1) is 20.2. The number of rotatable bonds is 6. The van der Waals surface area contributed by atoms with Gasteiger partial charge in [0.1, 0.15) is 0 Å². The van der Waals surface area contributed by atoms with Crippen LogP contribution in [0.25, 0.3) is 0 Å². The molecule has 2 rings (SSSR count). The third-order valence-electron chi connectivity index (χ3n) is 4.49. The van der Waals surface area contributed by atoms with Crippen molar-refractivity contribution >= 4 is 17.3 Å². The van der Waals surface area contributed by atoms with Gasteiger partial charge in [-0.05, 0) is 32.1 Å². The van der Waals surface area contributed by atoms with E-state index in [1.165, 1.54) is 24.3 Å². The summed E-state index contributed by atoms with van der Waals surface area (Å²) in [5.74, 6) is 1.76. The molecule has 1 aliphatic heterocycles. The van der Waals surface area contributed by atoms with E-state index in [2.05, 4.69) is 50.3 Å². The van der Waals surface area contributed by atoms with Crippen LogP contribution in [-0.4, -0.2) is 49.2 Å². The molecule has 1 saturated heterocycles. The highest BCUT2D eigenvalue weighted by Crippen LogP contribution is 2.25. The molecule has 0 saturated carbocycles. The third-order valence-corrected chi connectivity index (χ3v) is 5.81. The van der Waals surface area contributed by atoms with Gasteiger partial charge in [-0.15, -0.1) is 11.3 Å². The van der Waals surface area contributed by atoms with E-state index in [1.807, 2.05) is 0 Å². The minimum absolute atomic E-state index is 0.109. The second-order valence-electron chi connectivity index (χ2n) is 7.83. The number of guanidine groups is 1. The lowest BCUT2D eigenvalue weighted by Crippen LogP contribution is -2.40. The molecule has 0 spiro atoms. The Hall–Kier alpha value is -1.14. The lowest BCUT2D eigenvalue weighted by molar-refractivity contribution is 0.0625. The van der Waals surface area contributed by atoms with Crippen LogP contribution >= 0.6 is 11.3 Å². The van der Waals surface area contributed by atoms with Crippen molar-refractivity contribution in [2.45, 2.75) is 58.9 Å². The van der Waals surface area contributed by atoms with Crippen LogP contribution in [0.4, 0.5) is 0 Å². The Morgan fingerprint density at radius 1 is 1.40 bits per heavy atom. The van der Waals surface area contributed by atoms with Gasteiger partial charge in [-0.1, -0.05) is 20.8 Å². The highest BCUT2D eigenvalue weighted by Gasteiger charge is 2.18. The SMILES string of the molecule is CCNC(=NCc1csc(C(C)(C)C)n1)N(C)CCC1CCOCC1. The van der Waals surface area contributed by atoms with Crippen molar-refractivity contribution < 1.29 is 4.74 Å². The molecule has 25 heavy (non-hydrogen) atoms. The molecule has 5 nitrogen and oxygen atoms in total. The number of hydrogen-bond acceptors (Lipinski definition) is 4. The zero-order valence-electron chi connectivity index (χ0n) is 16.5. The van der Waals surface area contributed by atoms with Crippen LogP contribution in [0.2, 0.25) is 0 Å². The standard InChI is InChI=1S/C19H34N4OS/c1-6-20-18(23(5)10-7-15-8-11-24-12-9-15)21-13-16-14-25-17(22-16)19(2,3)4/h14-15H,6-13H2,1-5H3,(H,20,21). The maximum absolute atomic E-state index is 5.45. The topological polar surface area (TPSA) is 49.8 Å². The molecule has 1 fully saturated rings. The number of aliphatic imine (C=N–C) groups is 1. The zero-order valence-corrected chi connectivity index (χ0v) is 17.3. The predicted octanol–water partition coefficient (Wildman–Crippen LogP) is 3.65. The fourth-order valence-electron chi connectivity index (χ4n) is 2.87. The molecule has 142 valence electrons. The monoisotopic (exact) mass is 366 g/mol. The second kappa shape index (κ2) is 9.53. The summed E-state index contributed by atoms with van der Waals surface area (Å²) >= 11 is 1.73. The van der Waals surface area contributed by atoms with Crippen LogP contribution < -0.4 is 5.32 Å². The first-order valence-corrected chi connectivity index (χ1v) is 10.3. The smallest absolute Gasteiger partial charge is 0.194 e. The van der Waals surface area contributed by atoms with E-state index in [0.29, 0.717) is 6.54 Å². The van der Waals surface area contributed by atoms with Crippen molar-refractivity contribution in [1.82, 2.24) is 15.2 Å². The average molecular weight is 367 g/mol. The van der Waals surface area contributed by atoms with Gasteiger partial charge in [0.25, 0.3) is 0 Å². The Morgan fingerprint density at radius 3 is 2.72 bits per heavy atom. The number of thiazole rings is 1. The fraction of sp³-hybridized carbons (Fsp3) is 0.789. The molecule has 1 N–H and O–H groups in total. The van der Waals surface area contributed by atoms with Gasteiger partial charge in [-0.3, -0.25) is 0 Å². The Labute approximate surface area is 156 Å². The summed E-state index contributed by atoms with van der Waals surface area (Å²) in [5, 5.41) is 6.72. The maximum atomic E-state index is 5.45. The van der Waals surface area contributed by atoms with Crippen molar-refractivity contribution in [3.8, 4) is 0 Å². The maximum Gasteiger partial charge on any atom is 0.194 e. The van der Waals surface area contributed by atoms with Gasteiger partial charge in [-0.2, -0.15) is 0 Å². The van der Waals surface area contributed by atoms with Crippen molar-refractivity contribution in [3.63, 3.8) is 0 Å². The normalized spacial score (nSPS) is 16.9. The Bertz CT molecular complexity index is 544. The fourth-order valence-corrected chi connectivity index (χ4v) is 3.77. The van der Waals surface area contributed by atoms with Crippen molar-refractivity contribution in [3.05, 3.63) is 16.1 Å². The van der Waals surface area contributed by atoms with Gasteiger partial charge in [0.2, 0.25) is 0 Å². The molecule has 0 aliphatic carbocycles. The Kier molecular flexibility index (Phi) is 7.69. The van der Waals surface area contributed by atoms with E-state index >= 15 is 0 Å². The summed E-state index contributed by atoms with van der Waals surface area (Å²) in [5.41, 5.74) is 1.17. The third kappa shape index (κ3) is 6.59. The van der Waals surface area contributed by atoms with E-state index in [0.717, 1.165) is 43.9 Å². The van der Waals surface area contributed by atoms with Crippen LogP contribution in [0, 0.1) is 5.92 Å². The van der Waals surface area contributed by atoms with E-state index in [1.54, 1.807) is 11.3 Å². The minimum Gasteiger partial charge on any atom is -0.381 e. The van der Waals surface area contributed by atoms with E-state index in [-0.39, 0.29) is 5.41 Å². The molecular formula is C19H34N4OS. The van der Waals surface area contributed by atoms with Gasteiger partial charge >= 0.3 is 0 Å². The van der Waals surface area contributed by atoms with Gasteiger partial charge < -0.3 is 15.0 Å². The van der Waals surface area contributed by atoms with Crippen LogP contribution in [0.1, 0.15) is 57.7 Å². The lowest BCUT2D eigenvalue weighted by Gasteiger charge is -2.26. The summed E-state index contributed by atoms with van der Waals surface area (Å²) in [6, 6.07) is 0. The first-order valence-electron chi connectivity index (χ1n) is 9.42. The molecule has 0 atom stereocenters.